The van der Waals surface area contributed by atoms with Crippen LogP contribution in [0.1, 0.15) is 37.9 Å². The summed E-state index contributed by atoms with van der Waals surface area (Å²) in [7, 11) is 2.00. The van der Waals surface area contributed by atoms with E-state index in [0.717, 1.165) is 51.1 Å². The minimum absolute atomic E-state index is 0.0163. The topological polar surface area (TPSA) is 84.5 Å². The maximum absolute atomic E-state index is 12.8. The molecule has 2 fully saturated rings. The molecule has 7 heteroatoms. The van der Waals surface area contributed by atoms with Crippen LogP contribution in [0, 0.1) is 5.92 Å². The van der Waals surface area contributed by atoms with Crippen molar-refractivity contribution in [2.75, 3.05) is 19.6 Å². The Kier molecular flexibility index (Phi) is 5.18. The van der Waals surface area contributed by atoms with Crippen LogP contribution >= 0.6 is 0 Å². The molecule has 0 aromatic carbocycles. The first-order valence-electron chi connectivity index (χ1n) is 8.84. The van der Waals surface area contributed by atoms with Gasteiger partial charge in [-0.1, -0.05) is 0 Å². The van der Waals surface area contributed by atoms with Crippen LogP contribution in [0.25, 0.3) is 0 Å². The Morgan fingerprint density at radius 1 is 1.21 bits per heavy atom. The number of primary amides is 1. The fraction of sp³-hybridized carbons (Fsp3) is 0.706. The maximum Gasteiger partial charge on any atom is 0.240 e. The van der Waals surface area contributed by atoms with E-state index >= 15 is 0 Å². The van der Waals surface area contributed by atoms with Crippen LogP contribution in [0.5, 0.6) is 0 Å². The molecular formula is C17H27N5O2. The maximum atomic E-state index is 12.8. The third-order valence-corrected chi connectivity index (χ3v) is 5.34. The van der Waals surface area contributed by atoms with Gasteiger partial charge >= 0.3 is 0 Å². The fourth-order valence-electron chi connectivity index (χ4n) is 3.81. The van der Waals surface area contributed by atoms with E-state index in [1.807, 2.05) is 24.0 Å². The van der Waals surface area contributed by atoms with E-state index in [4.69, 9.17) is 5.73 Å². The van der Waals surface area contributed by atoms with Gasteiger partial charge in [0.05, 0.1) is 6.54 Å². The molecule has 2 amide bonds. The van der Waals surface area contributed by atoms with Gasteiger partial charge in [-0.15, -0.1) is 0 Å². The van der Waals surface area contributed by atoms with Crippen LogP contribution < -0.4 is 5.73 Å². The van der Waals surface area contributed by atoms with Crippen LogP contribution in [0.2, 0.25) is 0 Å². The van der Waals surface area contributed by atoms with Gasteiger partial charge in [0.15, 0.2) is 0 Å². The third kappa shape index (κ3) is 3.61. The lowest BCUT2D eigenvalue weighted by Gasteiger charge is -2.38. The zero-order chi connectivity index (χ0) is 17.1. The number of rotatable bonds is 4. The number of carbonyl (C=O) groups excluding carboxylic acids is 2. The number of piperidine rings is 2. The fourth-order valence-corrected chi connectivity index (χ4v) is 3.81. The van der Waals surface area contributed by atoms with Crippen molar-refractivity contribution in [3.8, 4) is 0 Å². The molecule has 3 heterocycles. The first-order valence-corrected chi connectivity index (χ1v) is 8.84. The first kappa shape index (κ1) is 17.0. The van der Waals surface area contributed by atoms with Crippen molar-refractivity contribution in [3.05, 3.63) is 18.2 Å². The molecule has 7 nitrogen and oxygen atoms in total. The zero-order valence-electron chi connectivity index (χ0n) is 14.4. The minimum atomic E-state index is -0.406. The van der Waals surface area contributed by atoms with Gasteiger partial charge < -0.3 is 15.2 Å². The Bertz CT molecular complexity index is 592. The molecule has 0 radical (unpaired) electrons. The van der Waals surface area contributed by atoms with Crippen molar-refractivity contribution in [2.24, 2.45) is 18.7 Å². The van der Waals surface area contributed by atoms with Crippen molar-refractivity contribution >= 4 is 11.8 Å². The van der Waals surface area contributed by atoms with Gasteiger partial charge in [-0.25, -0.2) is 4.98 Å². The highest BCUT2D eigenvalue weighted by molar-refractivity contribution is 5.87. The highest BCUT2D eigenvalue weighted by Gasteiger charge is 2.35. The molecule has 2 N–H and O–H groups in total. The molecule has 132 valence electrons. The number of nitrogens with two attached hydrogens (primary N) is 1. The molecular weight excluding hydrogens is 306 g/mol. The van der Waals surface area contributed by atoms with E-state index in [1.54, 1.807) is 4.90 Å². The summed E-state index contributed by atoms with van der Waals surface area (Å²) in [6.07, 6.45) is 8.08. The third-order valence-electron chi connectivity index (χ3n) is 5.34. The Morgan fingerprint density at radius 2 is 1.96 bits per heavy atom. The van der Waals surface area contributed by atoms with E-state index in [0.29, 0.717) is 13.0 Å². The largest absolute Gasteiger partial charge is 0.368 e. The monoisotopic (exact) mass is 333 g/mol. The van der Waals surface area contributed by atoms with Crippen molar-refractivity contribution in [1.29, 1.82) is 0 Å². The number of amides is 2. The lowest BCUT2D eigenvalue weighted by molar-refractivity contribution is -0.145. The molecule has 1 aromatic heterocycles. The quantitative estimate of drug-likeness (QED) is 0.869. The number of likely N-dealkylation sites (tertiary alicyclic amines) is 2. The van der Waals surface area contributed by atoms with Crippen LogP contribution in [-0.4, -0.2) is 56.8 Å². The zero-order valence-corrected chi connectivity index (χ0v) is 14.4. The van der Waals surface area contributed by atoms with E-state index in [9.17, 15) is 9.59 Å². The second kappa shape index (κ2) is 7.34. The first-order chi connectivity index (χ1) is 11.6. The van der Waals surface area contributed by atoms with Crippen LogP contribution in [0.4, 0.5) is 0 Å². The molecule has 0 spiro atoms. The summed E-state index contributed by atoms with van der Waals surface area (Å²) in [5.74, 6) is 0.817. The van der Waals surface area contributed by atoms with E-state index in [2.05, 4.69) is 9.88 Å². The summed E-state index contributed by atoms with van der Waals surface area (Å²) in [5.41, 5.74) is 5.49. The van der Waals surface area contributed by atoms with Crippen molar-refractivity contribution in [1.82, 2.24) is 19.4 Å². The van der Waals surface area contributed by atoms with E-state index in [1.165, 1.54) is 0 Å². The predicted octanol–water partition coefficient (Wildman–Crippen LogP) is 0.499. The number of aryl methyl sites for hydroxylation is 1. The number of imidazole rings is 1. The average molecular weight is 333 g/mol. The van der Waals surface area contributed by atoms with Gasteiger partial charge in [0.1, 0.15) is 11.9 Å². The molecule has 0 aliphatic carbocycles. The van der Waals surface area contributed by atoms with Crippen molar-refractivity contribution < 1.29 is 9.59 Å². The van der Waals surface area contributed by atoms with Gasteiger partial charge in [0.2, 0.25) is 11.8 Å². The molecule has 0 bridgehead atoms. The summed E-state index contributed by atoms with van der Waals surface area (Å²) in [6, 6.07) is -0.406. The second-order valence-electron chi connectivity index (χ2n) is 6.95. The molecule has 1 aromatic rings. The smallest absolute Gasteiger partial charge is 0.240 e. The Hall–Kier alpha value is -1.89. The minimum Gasteiger partial charge on any atom is -0.368 e. The van der Waals surface area contributed by atoms with Crippen molar-refractivity contribution in [2.45, 2.75) is 44.7 Å². The Labute approximate surface area is 142 Å². The summed E-state index contributed by atoms with van der Waals surface area (Å²) in [6.45, 7) is 3.26. The number of nitrogens with zero attached hydrogens (tertiary/aromatic N) is 4. The van der Waals surface area contributed by atoms with Gasteiger partial charge in [0, 0.05) is 31.9 Å². The molecule has 3 rings (SSSR count). The van der Waals surface area contributed by atoms with Crippen LogP contribution in [0.3, 0.4) is 0 Å². The van der Waals surface area contributed by atoms with Gasteiger partial charge in [-0.2, -0.15) is 0 Å². The molecule has 2 aliphatic heterocycles. The number of hydrogen-bond acceptors (Lipinski definition) is 4. The summed E-state index contributed by atoms with van der Waals surface area (Å²) in [4.78, 5) is 32.9. The standard InChI is InChI=1S/C17H27N5O2/c1-20-11-7-19-15(20)12-21-9-5-13(6-10-21)17(24)22-8-3-2-4-14(22)16(18)23/h7,11,13-14H,2-6,8-10,12H2,1H3,(H2,18,23). The summed E-state index contributed by atoms with van der Waals surface area (Å²) >= 11 is 0. The summed E-state index contributed by atoms with van der Waals surface area (Å²) < 4.78 is 2.03. The SMILES string of the molecule is Cn1ccnc1CN1CCC(C(=O)N2CCCCC2C(N)=O)CC1. The van der Waals surface area contributed by atoms with Gasteiger partial charge in [-0.3, -0.25) is 14.5 Å². The predicted molar refractivity (Wildman–Crippen MR) is 89.8 cm³/mol. The molecule has 24 heavy (non-hydrogen) atoms. The lowest BCUT2D eigenvalue weighted by atomic mass is 9.92. The van der Waals surface area contributed by atoms with E-state index < -0.39 is 6.04 Å². The average Bonchev–Trinajstić information content (AvgIpc) is 3.00. The molecule has 1 atom stereocenters. The normalized spacial score (nSPS) is 23.4. The molecule has 2 aliphatic rings. The summed E-state index contributed by atoms with van der Waals surface area (Å²) in [5, 5.41) is 0. The molecule has 2 saturated heterocycles. The van der Waals surface area contributed by atoms with E-state index in [-0.39, 0.29) is 17.7 Å². The van der Waals surface area contributed by atoms with Gasteiger partial charge in [0.25, 0.3) is 0 Å². The Balaban J connectivity index is 1.54. The number of hydrogen-bond donors (Lipinski definition) is 1. The lowest BCUT2D eigenvalue weighted by Crippen LogP contribution is -2.53. The molecule has 0 saturated carbocycles. The second-order valence-corrected chi connectivity index (χ2v) is 6.95. The number of carbonyl (C=O) groups is 2. The van der Waals surface area contributed by atoms with Gasteiger partial charge in [-0.05, 0) is 45.2 Å². The molecule has 1 unspecified atom stereocenters. The number of aromatic nitrogens is 2. The van der Waals surface area contributed by atoms with Crippen LogP contribution in [-0.2, 0) is 23.2 Å². The van der Waals surface area contributed by atoms with Crippen LogP contribution in [0.15, 0.2) is 12.4 Å². The highest BCUT2D eigenvalue weighted by Crippen LogP contribution is 2.25. The Morgan fingerprint density at radius 3 is 2.58 bits per heavy atom. The highest BCUT2D eigenvalue weighted by atomic mass is 16.2. The van der Waals surface area contributed by atoms with Crippen molar-refractivity contribution in [3.63, 3.8) is 0 Å².